The van der Waals surface area contributed by atoms with E-state index in [0.29, 0.717) is 17.6 Å². The second-order valence-electron chi connectivity index (χ2n) is 6.59. The predicted octanol–water partition coefficient (Wildman–Crippen LogP) is 4.69. The molecular weight excluding hydrogens is 334 g/mol. The first-order valence-corrected chi connectivity index (χ1v) is 9.21. The van der Waals surface area contributed by atoms with Gasteiger partial charge in [0, 0.05) is 24.2 Å². The van der Waals surface area contributed by atoms with Crippen LogP contribution in [0, 0.1) is 6.92 Å². The number of hydrogen-bond donors (Lipinski definition) is 1. The molecule has 1 N–H and O–H groups in total. The van der Waals surface area contributed by atoms with Crippen molar-refractivity contribution >= 4 is 11.6 Å². The maximum absolute atomic E-state index is 10.4. The van der Waals surface area contributed by atoms with Gasteiger partial charge in [-0.05, 0) is 50.1 Å². The lowest BCUT2D eigenvalue weighted by Gasteiger charge is -2.30. The van der Waals surface area contributed by atoms with Crippen molar-refractivity contribution in [3.8, 4) is 5.75 Å². The molecule has 0 aliphatic rings. The Hall–Kier alpha value is -1.55. The van der Waals surface area contributed by atoms with Crippen LogP contribution in [-0.2, 0) is 6.54 Å². The minimum atomic E-state index is -0.547. The quantitative estimate of drug-likeness (QED) is 0.703. The fourth-order valence-corrected chi connectivity index (χ4v) is 2.88. The molecular formula is C21H28ClNO2. The van der Waals surface area contributed by atoms with Gasteiger partial charge in [0.05, 0.1) is 0 Å². The van der Waals surface area contributed by atoms with Crippen LogP contribution in [0.2, 0.25) is 5.02 Å². The van der Waals surface area contributed by atoms with E-state index >= 15 is 0 Å². The maximum atomic E-state index is 10.4. The molecule has 0 unspecified atom stereocenters. The van der Waals surface area contributed by atoms with E-state index < -0.39 is 6.10 Å². The lowest BCUT2D eigenvalue weighted by molar-refractivity contribution is 0.0506. The summed E-state index contributed by atoms with van der Waals surface area (Å²) < 4.78 is 5.67. The molecule has 0 radical (unpaired) electrons. The Morgan fingerprint density at radius 1 is 1.16 bits per heavy atom. The number of aliphatic hydroxyl groups is 1. The van der Waals surface area contributed by atoms with Crippen LogP contribution < -0.4 is 4.74 Å². The van der Waals surface area contributed by atoms with Gasteiger partial charge in [0.15, 0.2) is 0 Å². The first kappa shape index (κ1) is 19.8. The highest BCUT2D eigenvalue weighted by Crippen LogP contribution is 2.17. The number of nitrogens with zero attached hydrogens (tertiary/aromatic N) is 1. The van der Waals surface area contributed by atoms with Crippen LogP contribution in [0.5, 0.6) is 5.75 Å². The van der Waals surface area contributed by atoms with E-state index in [2.05, 4.69) is 49.9 Å². The molecule has 0 aliphatic heterocycles. The van der Waals surface area contributed by atoms with Gasteiger partial charge in [0.1, 0.15) is 18.5 Å². The molecule has 3 nitrogen and oxygen atoms in total. The average Bonchev–Trinajstić information content (AvgIpc) is 2.60. The van der Waals surface area contributed by atoms with E-state index in [1.807, 2.05) is 12.1 Å². The summed E-state index contributed by atoms with van der Waals surface area (Å²) in [7, 11) is 0. The van der Waals surface area contributed by atoms with E-state index in [-0.39, 0.29) is 6.61 Å². The van der Waals surface area contributed by atoms with Crippen molar-refractivity contribution in [2.24, 2.45) is 0 Å². The van der Waals surface area contributed by atoms with E-state index in [9.17, 15) is 5.11 Å². The predicted molar refractivity (Wildman–Crippen MR) is 104 cm³/mol. The van der Waals surface area contributed by atoms with Crippen LogP contribution in [0.4, 0.5) is 0 Å². The van der Waals surface area contributed by atoms with Gasteiger partial charge in [-0.2, -0.15) is 0 Å². The SMILES string of the molecule is CC[C@@H](C)N(Cc1cccc(C)c1)C[C@@H](O)COc1ccc(Cl)cc1. The van der Waals surface area contributed by atoms with Gasteiger partial charge in [-0.25, -0.2) is 0 Å². The highest BCUT2D eigenvalue weighted by atomic mass is 35.5. The molecule has 2 aromatic rings. The molecule has 2 atom stereocenters. The number of aliphatic hydroxyl groups excluding tert-OH is 1. The third-order valence-corrected chi connectivity index (χ3v) is 4.64. The Kier molecular flexibility index (Phi) is 7.76. The fraction of sp³-hybridized carbons (Fsp3) is 0.429. The van der Waals surface area contributed by atoms with Gasteiger partial charge in [-0.1, -0.05) is 48.4 Å². The largest absolute Gasteiger partial charge is 0.491 e. The van der Waals surface area contributed by atoms with Crippen LogP contribution in [0.3, 0.4) is 0 Å². The Labute approximate surface area is 156 Å². The minimum Gasteiger partial charge on any atom is -0.491 e. The van der Waals surface area contributed by atoms with Gasteiger partial charge in [-0.3, -0.25) is 4.90 Å². The second kappa shape index (κ2) is 9.81. The summed E-state index contributed by atoms with van der Waals surface area (Å²) in [6, 6.07) is 16.1. The number of halogens is 1. The van der Waals surface area contributed by atoms with Crippen molar-refractivity contribution in [3.05, 3.63) is 64.7 Å². The highest BCUT2D eigenvalue weighted by Gasteiger charge is 2.17. The lowest BCUT2D eigenvalue weighted by Crippen LogP contribution is -2.40. The number of rotatable bonds is 9. The molecule has 0 aromatic heterocycles. The molecule has 0 spiro atoms. The van der Waals surface area contributed by atoms with E-state index in [0.717, 1.165) is 18.7 Å². The van der Waals surface area contributed by atoms with Crippen LogP contribution in [0.1, 0.15) is 31.4 Å². The number of aryl methyl sites for hydroxylation is 1. The van der Waals surface area contributed by atoms with Gasteiger partial charge >= 0.3 is 0 Å². The molecule has 0 bridgehead atoms. The van der Waals surface area contributed by atoms with Gasteiger partial charge < -0.3 is 9.84 Å². The maximum Gasteiger partial charge on any atom is 0.119 e. The standard InChI is InChI=1S/C21H28ClNO2/c1-4-17(3)23(13-18-7-5-6-16(2)12-18)14-20(24)15-25-21-10-8-19(22)9-11-21/h5-12,17,20,24H,4,13-15H2,1-3H3/t17-,20-/m1/s1. The van der Waals surface area contributed by atoms with Gasteiger partial charge in [0.2, 0.25) is 0 Å². The molecule has 0 fully saturated rings. The van der Waals surface area contributed by atoms with Crippen LogP contribution >= 0.6 is 11.6 Å². The lowest BCUT2D eigenvalue weighted by atomic mass is 10.1. The Balaban J connectivity index is 1.92. The van der Waals surface area contributed by atoms with Crippen LogP contribution in [0.15, 0.2) is 48.5 Å². The van der Waals surface area contributed by atoms with Crippen molar-refractivity contribution < 1.29 is 9.84 Å². The topological polar surface area (TPSA) is 32.7 Å². The van der Waals surface area contributed by atoms with Gasteiger partial charge in [-0.15, -0.1) is 0 Å². The number of ether oxygens (including phenoxy) is 1. The van der Waals surface area contributed by atoms with E-state index in [4.69, 9.17) is 16.3 Å². The van der Waals surface area contributed by atoms with Crippen molar-refractivity contribution in [1.82, 2.24) is 4.90 Å². The van der Waals surface area contributed by atoms with Crippen LogP contribution in [-0.4, -0.2) is 35.3 Å². The molecule has 2 rings (SSSR count). The Bertz CT molecular complexity index is 645. The number of hydrogen-bond acceptors (Lipinski definition) is 3. The van der Waals surface area contributed by atoms with E-state index in [1.165, 1.54) is 11.1 Å². The molecule has 2 aromatic carbocycles. The molecule has 136 valence electrons. The highest BCUT2D eigenvalue weighted by molar-refractivity contribution is 6.30. The zero-order chi connectivity index (χ0) is 18.2. The average molecular weight is 362 g/mol. The van der Waals surface area contributed by atoms with E-state index in [1.54, 1.807) is 12.1 Å². The summed E-state index contributed by atoms with van der Waals surface area (Å²) >= 11 is 5.87. The normalized spacial score (nSPS) is 13.7. The third-order valence-electron chi connectivity index (χ3n) is 4.38. The summed E-state index contributed by atoms with van der Waals surface area (Å²) in [5.41, 5.74) is 2.53. The number of benzene rings is 2. The van der Waals surface area contributed by atoms with Crippen molar-refractivity contribution in [3.63, 3.8) is 0 Å². The fourth-order valence-electron chi connectivity index (χ4n) is 2.75. The van der Waals surface area contributed by atoms with Crippen molar-refractivity contribution in [2.45, 2.75) is 45.9 Å². The van der Waals surface area contributed by atoms with Crippen LogP contribution in [0.25, 0.3) is 0 Å². The summed E-state index contributed by atoms with van der Waals surface area (Å²) in [6.07, 6.45) is 0.491. The second-order valence-corrected chi connectivity index (χ2v) is 7.03. The Morgan fingerprint density at radius 2 is 1.88 bits per heavy atom. The zero-order valence-corrected chi connectivity index (χ0v) is 16.0. The summed E-state index contributed by atoms with van der Waals surface area (Å²) in [4.78, 5) is 2.31. The minimum absolute atomic E-state index is 0.266. The first-order chi connectivity index (χ1) is 12.0. The smallest absolute Gasteiger partial charge is 0.119 e. The zero-order valence-electron chi connectivity index (χ0n) is 15.3. The monoisotopic (exact) mass is 361 g/mol. The van der Waals surface area contributed by atoms with Crippen molar-refractivity contribution in [1.29, 1.82) is 0 Å². The molecule has 0 saturated heterocycles. The summed E-state index contributed by atoms with van der Waals surface area (Å²) in [6.45, 7) is 8.15. The Morgan fingerprint density at radius 3 is 2.52 bits per heavy atom. The molecule has 0 saturated carbocycles. The van der Waals surface area contributed by atoms with Gasteiger partial charge in [0.25, 0.3) is 0 Å². The third kappa shape index (κ3) is 6.69. The molecule has 25 heavy (non-hydrogen) atoms. The molecule has 4 heteroatoms. The first-order valence-electron chi connectivity index (χ1n) is 8.84. The summed E-state index contributed by atoms with van der Waals surface area (Å²) in [5.74, 6) is 0.720. The molecule has 0 heterocycles. The molecule has 0 amide bonds. The summed E-state index contributed by atoms with van der Waals surface area (Å²) in [5, 5.41) is 11.1. The molecule has 0 aliphatic carbocycles. The van der Waals surface area contributed by atoms with Crippen molar-refractivity contribution in [2.75, 3.05) is 13.2 Å².